The molecule has 3 rings (SSSR count). The lowest BCUT2D eigenvalue weighted by molar-refractivity contribution is -0.118. The van der Waals surface area contributed by atoms with Crippen LogP contribution in [0.2, 0.25) is 0 Å². The summed E-state index contributed by atoms with van der Waals surface area (Å²) in [6.07, 6.45) is 1.46. The second-order valence-electron chi connectivity index (χ2n) is 7.52. The maximum Gasteiger partial charge on any atom is 0.262 e. The van der Waals surface area contributed by atoms with Gasteiger partial charge in [0.25, 0.3) is 11.8 Å². The second kappa shape index (κ2) is 12.4. The molecule has 0 heterocycles. The number of rotatable bonds is 9. The van der Waals surface area contributed by atoms with E-state index in [0.29, 0.717) is 33.8 Å². The van der Waals surface area contributed by atoms with Crippen molar-refractivity contribution in [3.63, 3.8) is 0 Å². The summed E-state index contributed by atoms with van der Waals surface area (Å²) in [5.74, 6) is -0.133. The zero-order valence-corrected chi connectivity index (χ0v) is 20.9. The molecule has 8 heteroatoms. The number of halogens is 1. The van der Waals surface area contributed by atoms with E-state index in [-0.39, 0.29) is 18.1 Å². The molecule has 0 aromatic heterocycles. The first kappa shape index (κ1) is 25.5. The number of anilines is 1. The second-order valence-corrected chi connectivity index (χ2v) is 8.38. The minimum absolute atomic E-state index is 0.0545. The van der Waals surface area contributed by atoms with Crippen LogP contribution in [0.3, 0.4) is 0 Å². The van der Waals surface area contributed by atoms with Gasteiger partial charge in [-0.25, -0.2) is 0 Å². The number of hydrogen-bond acceptors (Lipinski definition) is 5. The topological polar surface area (TPSA) is 100 Å². The number of benzene rings is 3. The highest BCUT2D eigenvalue weighted by molar-refractivity contribution is 9.10. The maximum absolute atomic E-state index is 12.5. The van der Waals surface area contributed by atoms with E-state index in [2.05, 4.69) is 26.6 Å². The van der Waals surface area contributed by atoms with Crippen molar-refractivity contribution in [2.24, 2.45) is 0 Å². The summed E-state index contributed by atoms with van der Waals surface area (Å²) in [4.78, 5) is 24.9. The van der Waals surface area contributed by atoms with Gasteiger partial charge in [0.2, 0.25) is 0 Å². The Morgan fingerprint density at radius 2 is 1.80 bits per heavy atom. The molecule has 0 bridgehead atoms. The number of methoxy groups -OCH3 is 1. The molecule has 0 saturated carbocycles. The lowest BCUT2D eigenvalue weighted by Crippen LogP contribution is -2.23. The van der Waals surface area contributed by atoms with Crippen molar-refractivity contribution in [3.8, 4) is 17.6 Å². The molecule has 0 saturated heterocycles. The van der Waals surface area contributed by atoms with Gasteiger partial charge in [0.05, 0.1) is 11.6 Å². The monoisotopic (exact) mass is 533 g/mol. The third-order valence-corrected chi connectivity index (χ3v) is 5.58. The molecule has 0 radical (unpaired) electrons. The van der Waals surface area contributed by atoms with E-state index in [9.17, 15) is 14.9 Å². The largest absolute Gasteiger partial charge is 0.493 e. The van der Waals surface area contributed by atoms with Crippen LogP contribution in [0, 0.1) is 18.3 Å². The van der Waals surface area contributed by atoms with Gasteiger partial charge in [0, 0.05) is 12.2 Å². The summed E-state index contributed by atoms with van der Waals surface area (Å²) < 4.78 is 11.6. The normalized spacial score (nSPS) is 10.7. The molecule has 3 aromatic carbocycles. The molecule has 2 N–H and O–H groups in total. The van der Waals surface area contributed by atoms with Gasteiger partial charge in [-0.3, -0.25) is 9.59 Å². The smallest absolute Gasteiger partial charge is 0.262 e. The number of nitrogens with one attached hydrogen (secondary N) is 2. The maximum atomic E-state index is 12.5. The lowest BCUT2D eigenvalue weighted by Gasteiger charge is -2.14. The Hall–Kier alpha value is -4.09. The number of ether oxygens (including phenoxy) is 2. The van der Waals surface area contributed by atoms with Crippen molar-refractivity contribution in [1.82, 2.24) is 5.32 Å². The van der Waals surface area contributed by atoms with Crippen LogP contribution < -0.4 is 20.1 Å². The minimum atomic E-state index is -0.486. The van der Waals surface area contributed by atoms with Crippen LogP contribution in [0.4, 0.5) is 5.69 Å². The molecule has 3 aromatic rings. The molecule has 0 spiro atoms. The van der Waals surface area contributed by atoms with Crippen molar-refractivity contribution in [3.05, 3.63) is 93.5 Å². The standard InChI is InChI=1S/C27H24BrN3O4/c1-18-8-6-7-11-23(18)31-25(32)17-35-26-22(28)13-20(14-24(26)34-2)12-21(15-29)27(33)30-16-19-9-4-3-5-10-19/h3-14H,16-17H2,1-2H3,(H,30,33)(H,31,32)/b21-12+. The Labute approximate surface area is 212 Å². The quantitative estimate of drug-likeness (QED) is 0.297. The van der Waals surface area contributed by atoms with Gasteiger partial charge < -0.3 is 20.1 Å². The number of para-hydroxylation sites is 1. The highest BCUT2D eigenvalue weighted by Gasteiger charge is 2.15. The van der Waals surface area contributed by atoms with Crippen molar-refractivity contribution < 1.29 is 19.1 Å². The molecular weight excluding hydrogens is 510 g/mol. The average molecular weight is 534 g/mol. The Bertz CT molecular complexity index is 1280. The Kier molecular flexibility index (Phi) is 9.04. The predicted molar refractivity (Wildman–Crippen MR) is 138 cm³/mol. The van der Waals surface area contributed by atoms with Gasteiger partial charge in [-0.15, -0.1) is 0 Å². The third-order valence-electron chi connectivity index (χ3n) is 4.99. The van der Waals surface area contributed by atoms with E-state index in [0.717, 1.165) is 11.1 Å². The van der Waals surface area contributed by atoms with Crippen molar-refractivity contribution >= 4 is 39.5 Å². The molecular formula is C27H24BrN3O4. The van der Waals surface area contributed by atoms with Gasteiger partial charge >= 0.3 is 0 Å². The summed E-state index contributed by atoms with van der Waals surface area (Å²) in [6.45, 7) is 1.98. The zero-order valence-electron chi connectivity index (χ0n) is 19.3. The van der Waals surface area contributed by atoms with E-state index < -0.39 is 5.91 Å². The molecule has 0 atom stereocenters. The number of nitriles is 1. The van der Waals surface area contributed by atoms with E-state index >= 15 is 0 Å². The van der Waals surface area contributed by atoms with Gasteiger partial charge in [-0.1, -0.05) is 48.5 Å². The minimum Gasteiger partial charge on any atom is -0.493 e. The Morgan fingerprint density at radius 1 is 1.09 bits per heavy atom. The van der Waals surface area contributed by atoms with Crippen molar-refractivity contribution in [1.29, 1.82) is 5.26 Å². The summed E-state index contributed by atoms with van der Waals surface area (Å²) in [5.41, 5.74) is 3.08. The SMILES string of the molecule is COc1cc(/C=C(\C#N)C(=O)NCc2ccccc2)cc(Br)c1OCC(=O)Nc1ccccc1C. The van der Waals surface area contributed by atoms with Crippen LogP contribution in [0.25, 0.3) is 6.08 Å². The fourth-order valence-electron chi connectivity index (χ4n) is 3.19. The van der Waals surface area contributed by atoms with E-state index in [1.807, 2.05) is 67.6 Å². The number of nitrogens with zero attached hydrogens (tertiary/aromatic N) is 1. The van der Waals surface area contributed by atoms with Crippen LogP contribution in [-0.4, -0.2) is 25.5 Å². The van der Waals surface area contributed by atoms with Crippen molar-refractivity contribution in [2.45, 2.75) is 13.5 Å². The number of amides is 2. The first-order valence-corrected chi connectivity index (χ1v) is 11.5. The van der Waals surface area contributed by atoms with Crippen LogP contribution in [0.5, 0.6) is 11.5 Å². The van der Waals surface area contributed by atoms with Gasteiger partial charge in [0.1, 0.15) is 11.6 Å². The molecule has 178 valence electrons. The number of hydrogen-bond donors (Lipinski definition) is 2. The Balaban J connectivity index is 1.70. The molecule has 0 aliphatic rings. The predicted octanol–water partition coefficient (Wildman–Crippen LogP) is 5.01. The molecule has 0 aliphatic heterocycles. The van der Waals surface area contributed by atoms with Crippen LogP contribution >= 0.6 is 15.9 Å². The fraction of sp³-hybridized carbons (Fsp3) is 0.148. The molecule has 0 aliphatic carbocycles. The summed E-state index contributed by atoms with van der Waals surface area (Å²) in [6, 6.07) is 22.1. The van der Waals surface area contributed by atoms with Gasteiger partial charge in [-0.2, -0.15) is 5.26 Å². The van der Waals surface area contributed by atoms with Crippen LogP contribution in [0.1, 0.15) is 16.7 Å². The first-order valence-electron chi connectivity index (χ1n) is 10.7. The van der Waals surface area contributed by atoms with E-state index in [1.165, 1.54) is 13.2 Å². The van der Waals surface area contributed by atoms with Crippen LogP contribution in [0.15, 0.2) is 76.8 Å². The molecule has 2 amide bonds. The molecule has 0 fully saturated rings. The number of aryl methyl sites for hydroxylation is 1. The average Bonchev–Trinajstić information content (AvgIpc) is 2.86. The zero-order chi connectivity index (χ0) is 25.2. The lowest BCUT2D eigenvalue weighted by atomic mass is 10.1. The summed E-state index contributed by atoms with van der Waals surface area (Å²) in [5, 5.41) is 15.0. The highest BCUT2D eigenvalue weighted by Crippen LogP contribution is 2.37. The Morgan fingerprint density at radius 3 is 2.49 bits per heavy atom. The summed E-state index contributed by atoms with van der Waals surface area (Å²) >= 11 is 3.43. The molecule has 35 heavy (non-hydrogen) atoms. The summed E-state index contributed by atoms with van der Waals surface area (Å²) in [7, 11) is 1.47. The van der Waals surface area contributed by atoms with Crippen molar-refractivity contribution in [2.75, 3.05) is 19.0 Å². The van der Waals surface area contributed by atoms with E-state index in [1.54, 1.807) is 12.1 Å². The molecule has 0 unspecified atom stereocenters. The number of carbonyl (C=O) groups is 2. The number of carbonyl (C=O) groups excluding carboxylic acids is 2. The fourth-order valence-corrected chi connectivity index (χ4v) is 3.76. The van der Waals surface area contributed by atoms with Crippen LogP contribution in [-0.2, 0) is 16.1 Å². The molecule has 7 nitrogen and oxygen atoms in total. The van der Waals surface area contributed by atoms with Gasteiger partial charge in [-0.05, 0) is 63.8 Å². The van der Waals surface area contributed by atoms with Gasteiger partial charge in [0.15, 0.2) is 18.1 Å². The van der Waals surface area contributed by atoms with E-state index in [4.69, 9.17) is 9.47 Å². The highest BCUT2D eigenvalue weighted by atomic mass is 79.9. The first-order chi connectivity index (χ1) is 16.9. The third kappa shape index (κ3) is 7.19.